The first-order chi connectivity index (χ1) is 10.2. The first-order valence-corrected chi connectivity index (χ1v) is 7.97. The zero-order chi connectivity index (χ0) is 17.5. The standard InChI is InChI=1S/C14H26O2.C4H6O2/c1-12(2)10-8-6-4-5-7-9-11-13(3)14(15)16;1-3(2)4(5)6/h11-12H,4-10H2,1-3H3,(H,15,16);1H2,2H3,(H,5,6). The maximum absolute atomic E-state index is 10.5. The fourth-order valence-corrected chi connectivity index (χ4v) is 1.63. The van der Waals surface area contributed by atoms with E-state index >= 15 is 0 Å². The van der Waals surface area contributed by atoms with Crippen molar-refractivity contribution in [3.05, 3.63) is 23.8 Å². The van der Waals surface area contributed by atoms with Gasteiger partial charge < -0.3 is 10.2 Å². The molecule has 22 heavy (non-hydrogen) atoms. The van der Waals surface area contributed by atoms with Crippen LogP contribution in [0.1, 0.15) is 72.6 Å². The van der Waals surface area contributed by atoms with Gasteiger partial charge in [-0.25, -0.2) is 9.59 Å². The van der Waals surface area contributed by atoms with Crippen molar-refractivity contribution in [3.63, 3.8) is 0 Å². The van der Waals surface area contributed by atoms with Crippen LogP contribution >= 0.6 is 0 Å². The molecule has 0 radical (unpaired) electrons. The second kappa shape index (κ2) is 14.4. The zero-order valence-electron chi connectivity index (χ0n) is 14.5. The van der Waals surface area contributed by atoms with E-state index < -0.39 is 11.9 Å². The summed E-state index contributed by atoms with van der Waals surface area (Å²) in [6, 6.07) is 0. The molecule has 0 amide bonds. The Kier molecular flexibility index (Phi) is 14.8. The summed E-state index contributed by atoms with van der Waals surface area (Å²) in [4.78, 5) is 20.1. The predicted octanol–water partition coefficient (Wildman–Crippen LogP) is 5.05. The second-order valence-corrected chi connectivity index (χ2v) is 6.02. The molecule has 0 aromatic carbocycles. The third-order valence-corrected chi connectivity index (χ3v) is 3.14. The Morgan fingerprint density at radius 1 is 0.955 bits per heavy atom. The number of carbonyl (C=O) groups is 2. The summed E-state index contributed by atoms with van der Waals surface area (Å²) in [5.74, 6) is -0.909. The van der Waals surface area contributed by atoms with E-state index in [0.717, 1.165) is 18.8 Å². The van der Waals surface area contributed by atoms with Crippen LogP contribution in [-0.2, 0) is 9.59 Å². The molecule has 0 aromatic heterocycles. The molecule has 0 aromatic rings. The summed E-state index contributed by atoms with van der Waals surface area (Å²) in [7, 11) is 0. The zero-order valence-corrected chi connectivity index (χ0v) is 14.5. The van der Waals surface area contributed by atoms with Gasteiger partial charge in [-0.3, -0.25) is 0 Å². The Morgan fingerprint density at radius 2 is 1.41 bits per heavy atom. The van der Waals surface area contributed by atoms with E-state index in [1.165, 1.54) is 39.0 Å². The third kappa shape index (κ3) is 18.4. The average Bonchev–Trinajstić information content (AvgIpc) is 2.41. The van der Waals surface area contributed by atoms with Gasteiger partial charge in [0.2, 0.25) is 0 Å². The van der Waals surface area contributed by atoms with E-state index in [-0.39, 0.29) is 5.57 Å². The molecule has 4 heteroatoms. The van der Waals surface area contributed by atoms with Gasteiger partial charge in [0.25, 0.3) is 0 Å². The number of rotatable bonds is 10. The maximum Gasteiger partial charge on any atom is 0.330 e. The minimum Gasteiger partial charge on any atom is -0.478 e. The molecule has 0 aliphatic heterocycles. The smallest absolute Gasteiger partial charge is 0.330 e. The normalized spacial score (nSPS) is 10.9. The summed E-state index contributed by atoms with van der Waals surface area (Å²) in [6.45, 7) is 10.8. The minimum absolute atomic E-state index is 0.176. The van der Waals surface area contributed by atoms with Crippen molar-refractivity contribution in [2.75, 3.05) is 0 Å². The number of unbranched alkanes of at least 4 members (excludes halogenated alkanes) is 5. The molecule has 0 heterocycles. The quantitative estimate of drug-likeness (QED) is 0.437. The number of carboxylic acids is 2. The first-order valence-electron chi connectivity index (χ1n) is 7.97. The Hall–Kier alpha value is -1.58. The van der Waals surface area contributed by atoms with Crippen LogP contribution in [0.5, 0.6) is 0 Å². The summed E-state index contributed by atoms with van der Waals surface area (Å²) in [5.41, 5.74) is 0.648. The molecule has 4 nitrogen and oxygen atoms in total. The van der Waals surface area contributed by atoms with Crippen LogP contribution in [0.15, 0.2) is 23.8 Å². The highest BCUT2D eigenvalue weighted by atomic mass is 16.4. The molecule has 0 rings (SSSR count). The van der Waals surface area contributed by atoms with Gasteiger partial charge in [-0.15, -0.1) is 0 Å². The molecule has 0 saturated heterocycles. The summed E-state index contributed by atoms with van der Waals surface area (Å²) >= 11 is 0. The number of hydrogen-bond acceptors (Lipinski definition) is 2. The molecule has 0 atom stereocenters. The van der Waals surface area contributed by atoms with E-state index in [4.69, 9.17) is 10.2 Å². The average molecular weight is 312 g/mol. The van der Waals surface area contributed by atoms with Crippen molar-refractivity contribution >= 4 is 11.9 Å². The second-order valence-electron chi connectivity index (χ2n) is 6.02. The Bertz CT molecular complexity index is 355. The lowest BCUT2D eigenvalue weighted by atomic mass is 10.0. The van der Waals surface area contributed by atoms with Gasteiger partial charge in [0.05, 0.1) is 0 Å². The van der Waals surface area contributed by atoms with Crippen LogP contribution in [0, 0.1) is 5.92 Å². The summed E-state index contributed by atoms with van der Waals surface area (Å²) in [6.07, 6.45) is 10.3. The molecule has 0 aliphatic carbocycles. The third-order valence-electron chi connectivity index (χ3n) is 3.14. The monoisotopic (exact) mass is 312 g/mol. The highest BCUT2D eigenvalue weighted by Crippen LogP contribution is 2.11. The summed E-state index contributed by atoms with van der Waals surface area (Å²) < 4.78 is 0. The van der Waals surface area contributed by atoms with Crippen molar-refractivity contribution in [2.45, 2.75) is 72.6 Å². The van der Waals surface area contributed by atoms with Gasteiger partial charge in [-0.2, -0.15) is 0 Å². The molecule has 0 fully saturated rings. The van der Waals surface area contributed by atoms with Crippen molar-refractivity contribution < 1.29 is 19.8 Å². The van der Waals surface area contributed by atoms with Crippen molar-refractivity contribution in [1.29, 1.82) is 0 Å². The van der Waals surface area contributed by atoms with Crippen molar-refractivity contribution in [3.8, 4) is 0 Å². The number of allylic oxidation sites excluding steroid dienone is 1. The van der Waals surface area contributed by atoms with Crippen molar-refractivity contribution in [1.82, 2.24) is 0 Å². The largest absolute Gasteiger partial charge is 0.478 e. The molecule has 0 aliphatic rings. The van der Waals surface area contributed by atoms with Crippen LogP contribution in [0.3, 0.4) is 0 Å². The SMILES string of the molecule is C=C(C)C(=O)O.CC(=CCCCCCCCC(C)C)C(=O)O. The van der Waals surface area contributed by atoms with Gasteiger partial charge in [0.1, 0.15) is 0 Å². The molecule has 0 unspecified atom stereocenters. The lowest BCUT2D eigenvalue weighted by Crippen LogP contribution is -1.95. The highest BCUT2D eigenvalue weighted by molar-refractivity contribution is 5.85. The minimum atomic E-state index is -0.935. The maximum atomic E-state index is 10.5. The van der Waals surface area contributed by atoms with Crippen LogP contribution < -0.4 is 0 Å². The van der Waals surface area contributed by atoms with Gasteiger partial charge in [0, 0.05) is 11.1 Å². The van der Waals surface area contributed by atoms with Crippen LogP contribution in [0.2, 0.25) is 0 Å². The number of carboxylic acid groups (broad SMARTS) is 2. The van der Waals surface area contributed by atoms with E-state index in [2.05, 4.69) is 20.4 Å². The van der Waals surface area contributed by atoms with Gasteiger partial charge in [-0.05, 0) is 32.6 Å². The Balaban J connectivity index is 0. The van der Waals surface area contributed by atoms with E-state index in [1.54, 1.807) is 6.92 Å². The topological polar surface area (TPSA) is 74.6 Å². The van der Waals surface area contributed by atoms with E-state index in [9.17, 15) is 9.59 Å². The van der Waals surface area contributed by atoms with E-state index in [1.807, 2.05) is 6.08 Å². The molecular formula is C18H32O4. The van der Waals surface area contributed by atoms with Gasteiger partial charge in [0.15, 0.2) is 0 Å². The molecule has 0 bridgehead atoms. The molecular weight excluding hydrogens is 280 g/mol. The summed E-state index contributed by atoms with van der Waals surface area (Å²) in [5, 5.41) is 16.5. The van der Waals surface area contributed by atoms with Crippen LogP contribution in [-0.4, -0.2) is 22.2 Å². The molecule has 2 N–H and O–H groups in total. The molecule has 128 valence electrons. The number of aliphatic carboxylic acids is 2. The fourth-order valence-electron chi connectivity index (χ4n) is 1.63. The van der Waals surface area contributed by atoms with Gasteiger partial charge in [-0.1, -0.05) is 58.6 Å². The lowest BCUT2D eigenvalue weighted by Gasteiger charge is -2.03. The van der Waals surface area contributed by atoms with E-state index in [0.29, 0.717) is 5.57 Å². The van der Waals surface area contributed by atoms with Gasteiger partial charge >= 0.3 is 11.9 Å². The lowest BCUT2D eigenvalue weighted by molar-refractivity contribution is -0.133. The van der Waals surface area contributed by atoms with Crippen LogP contribution in [0.25, 0.3) is 0 Å². The fraction of sp³-hybridized carbons (Fsp3) is 0.667. The van der Waals surface area contributed by atoms with Crippen LogP contribution in [0.4, 0.5) is 0 Å². The predicted molar refractivity (Wildman–Crippen MR) is 91.0 cm³/mol. The van der Waals surface area contributed by atoms with Crippen molar-refractivity contribution in [2.24, 2.45) is 5.92 Å². The highest BCUT2D eigenvalue weighted by Gasteiger charge is 1.98. The Morgan fingerprint density at radius 3 is 1.82 bits per heavy atom. The molecule has 0 saturated carbocycles. The Labute approximate surface area is 134 Å². The molecule has 0 spiro atoms. The number of hydrogen-bond donors (Lipinski definition) is 2. The first kappa shape index (κ1) is 22.7.